The number of benzene rings is 1. The van der Waals surface area contributed by atoms with Crippen LogP contribution in [0.2, 0.25) is 0 Å². The molecule has 0 saturated carbocycles. The van der Waals surface area contributed by atoms with Gasteiger partial charge in [-0.1, -0.05) is 18.2 Å². The third-order valence-corrected chi connectivity index (χ3v) is 3.01. The predicted octanol–water partition coefficient (Wildman–Crippen LogP) is 1.11. The summed E-state index contributed by atoms with van der Waals surface area (Å²) in [6.07, 6.45) is 0.736. The molecule has 1 unspecified atom stereocenters. The minimum absolute atomic E-state index is 0.0993. The summed E-state index contributed by atoms with van der Waals surface area (Å²) in [4.78, 5) is 23.8. The van der Waals surface area contributed by atoms with Crippen molar-refractivity contribution < 1.29 is 19.4 Å². The lowest BCUT2D eigenvalue weighted by molar-refractivity contribution is -0.137. The van der Waals surface area contributed by atoms with E-state index < -0.39 is 12.0 Å². The van der Waals surface area contributed by atoms with Crippen LogP contribution in [0.15, 0.2) is 30.3 Å². The van der Waals surface area contributed by atoms with Gasteiger partial charge in [0.05, 0.1) is 12.6 Å². The molecule has 1 aromatic carbocycles. The third-order valence-electron chi connectivity index (χ3n) is 3.01. The Kier molecular flexibility index (Phi) is 7.25. The number of hydrogen-bond acceptors (Lipinski definition) is 4. The van der Waals surface area contributed by atoms with Crippen molar-refractivity contribution in [2.75, 3.05) is 20.2 Å². The van der Waals surface area contributed by atoms with Crippen molar-refractivity contribution in [3.05, 3.63) is 30.3 Å². The number of aliphatic carboxylic acids is 1. The first-order chi connectivity index (χ1) is 10.0. The van der Waals surface area contributed by atoms with Crippen molar-refractivity contribution in [3.8, 4) is 5.75 Å². The van der Waals surface area contributed by atoms with E-state index in [2.05, 4.69) is 0 Å². The van der Waals surface area contributed by atoms with Gasteiger partial charge in [-0.25, -0.2) is 0 Å². The molecule has 21 heavy (non-hydrogen) atoms. The fourth-order valence-electron chi connectivity index (χ4n) is 1.80. The molecule has 3 N–H and O–H groups in total. The molecule has 0 aliphatic carbocycles. The molecular formula is C15H22N2O4. The maximum Gasteiger partial charge on any atom is 0.303 e. The fraction of sp³-hybridized carbons (Fsp3) is 0.467. The van der Waals surface area contributed by atoms with Crippen molar-refractivity contribution in [3.63, 3.8) is 0 Å². The summed E-state index contributed by atoms with van der Waals surface area (Å²) in [6.45, 7) is 1.03. The van der Waals surface area contributed by atoms with Gasteiger partial charge in [-0.05, 0) is 25.0 Å². The van der Waals surface area contributed by atoms with Crippen molar-refractivity contribution in [1.82, 2.24) is 4.90 Å². The molecule has 0 aromatic heterocycles. The quantitative estimate of drug-likeness (QED) is 0.665. The molecule has 1 amide bonds. The van der Waals surface area contributed by atoms with Gasteiger partial charge in [0.1, 0.15) is 5.75 Å². The molecule has 6 nitrogen and oxygen atoms in total. The molecule has 1 aromatic rings. The Morgan fingerprint density at radius 3 is 2.62 bits per heavy atom. The van der Waals surface area contributed by atoms with Crippen molar-refractivity contribution in [2.24, 2.45) is 5.73 Å². The Morgan fingerprint density at radius 1 is 1.33 bits per heavy atom. The molecule has 0 aliphatic heterocycles. The summed E-state index contributed by atoms with van der Waals surface area (Å²) in [7, 11) is 1.66. The van der Waals surface area contributed by atoms with Gasteiger partial charge in [0, 0.05) is 20.0 Å². The standard InChI is InChI=1S/C15H22N2O4/c1-17(15(20)13(16)8-9-14(18)19)10-5-11-21-12-6-3-2-4-7-12/h2-4,6-7,13H,5,8-11,16H2,1H3,(H,18,19). The predicted molar refractivity (Wildman–Crippen MR) is 79.0 cm³/mol. The number of likely N-dealkylation sites (N-methyl/N-ethyl adjacent to an activating group) is 1. The molecule has 1 rings (SSSR count). The normalized spacial score (nSPS) is 11.7. The summed E-state index contributed by atoms with van der Waals surface area (Å²) in [6, 6.07) is 8.69. The van der Waals surface area contributed by atoms with Gasteiger partial charge in [0.25, 0.3) is 0 Å². The van der Waals surface area contributed by atoms with Crippen LogP contribution in [-0.4, -0.2) is 48.1 Å². The minimum Gasteiger partial charge on any atom is -0.494 e. The topological polar surface area (TPSA) is 92.9 Å². The maximum absolute atomic E-state index is 11.9. The van der Waals surface area contributed by atoms with E-state index in [0.29, 0.717) is 19.6 Å². The number of amides is 1. The largest absolute Gasteiger partial charge is 0.494 e. The summed E-state index contributed by atoms with van der Waals surface area (Å²) >= 11 is 0. The summed E-state index contributed by atoms with van der Waals surface area (Å²) in [5, 5.41) is 8.57. The number of hydrogen-bond donors (Lipinski definition) is 2. The van der Waals surface area contributed by atoms with Gasteiger partial charge < -0.3 is 20.5 Å². The Labute approximate surface area is 124 Å². The molecule has 6 heteroatoms. The minimum atomic E-state index is -0.947. The van der Waals surface area contributed by atoms with Gasteiger partial charge in [0.15, 0.2) is 0 Å². The molecule has 1 atom stereocenters. The number of para-hydroxylation sites is 1. The molecule has 0 aliphatic rings. The van der Waals surface area contributed by atoms with E-state index >= 15 is 0 Å². The Hall–Kier alpha value is -2.08. The molecule has 0 saturated heterocycles. The molecule has 0 heterocycles. The monoisotopic (exact) mass is 294 g/mol. The van der Waals surface area contributed by atoms with Crippen LogP contribution in [0.4, 0.5) is 0 Å². The number of carbonyl (C=O) groups excluding carboxylic acids is 1. The molecule has 116 valence electrons. The lowest BCUT2D eigenvalue weighted by Gasteiger charge is -2.21. The van der Waals surface area contributed by atoms with Crippen LogP contribution in [0.1, 0.15) is 19.3 Å². The van der Waals surface area contributed by atoms with Gasteiger partial charge >= 0.3 is 5.97 Å². The van der Waals surface area contributed by atoms with E-state index in [1.165, 1.54) is 4.90 Å². The summed E-state index contributed by atoms with van der Waals surface area (Å²) in [5.74, 6) is -0.391. The van der Waals surface area contributed by atoms with Crippen LogP contribution in [0.3, 0.4) is 0 Å². The van der Waals surface area contributed by atoms with E-state index in [0.717, 1.165) is 5.75 Å². The number of rotatable bonds is 9. The number of carboxylic acids is 1. The molecule has 0 bridgehead atoms. The molecule has 0 radical (unpaired) electrons. The second-order valence-corrected chi connectivity index (χ2v) is 4.81. The highest BCUT2D eigenvalue weighted by atomic mass is 16.5. The van der Waals surface area contributed by atoms with Gasteiger partial charge in [-0.15, -0.1) is 0 Å². The molecular weight excluding hydrogens is 272 g/mol. The highest BCUT2D eigenvalue weighted by Gasteiger charge is 2.18. The number of carboxylic acid groups (broad SMARTS) is 1. The van der Waals surface area contributed by atoms with E-state index in [4.69, 9.17) is 15.6 Å². The third kappa shape index (κ3) is 6.76. The Bertz CT molecular complexity index is 450. The summed E-state index contributed by atoms with van der Waals surface area (Å²) in [5.41, 5.74) is 5.68. The lowest BCUT2D eigenvalue weighted by atomic mass is 10.1. The number of nitrogens with two attached hydrogens (primary N) is 1. The van der Waals surface area contributed by atoms with Crippen molar-refractivity contribution in [1.29, 1.82) is 0 Å². The van der Waals surface area contributed by atoms with Crippen molar-refractivity contribution >= 4 is 11.9 Å². The second kappa shape index (κ2) is 8.97. The zero-order valence-electron chi connectivity index (χ0n) is 12.2. The lowest BCUT2D eigenvalue weighted by Crippen LogP contribution is -2.42. The van der Waals surface area contributed by atoms with Crippen LogP contribution < -0.4 is 10.5 Å². The Morgan fingerprint density at radius 2 is 2.00 bits per heavy atom. The molecule has 0 spiro atoms. The highest BCUT2D eigenvalue weighted by Crippen LogP contribution is 2.08. The first-order valence-electron chi connectivity index (χ1n) is 6.91. The first kappa shape index (κ1) is 17.0. The van der Waals surface area contributed by atoms with Crippen LogP contribution >= 0.6 is 0 Å². The zero-order chi connectivity index (χ0) is 15.7. The van der Waals surface area contributed by atoms with Crippen LogP contribution in [0.5, 0.6) is 5.75 Å². The van der Waals surface area contributed by atoms with E-state index in [9.17, 15) is 9.59 Å². The van der Waals surface area contributed by atoms with Crippen LogP contribution in [-0.2, 0) is 9.59 Å². The number of ether oxygens (including phenoxy) is 1. The van der Waals surface area contributed by atoms with Crippen LogP contribution in [0.25, 0.3) is 0 Å². The SMILES string of the molecule is CN(CCCOc1ccccc1)C(=O)C(N)CCC(=O)O. The van der Waals surface area contributed by atoms with Crippen molar-refractivity contribution in [2.45, 2.75) is 25.3 Å². The zero-order valence-corrected chi connectivity index (χ0v) is 12.2. The number of nitrogens with zero attached hydrogens (tertiary/aromatic N) is 1. The average Bonchev–Trinajstić information content (AvgIpc) is 2.49. The summed E-state index contributed by atoms with van der Waals surface area (Å²) < 4.78 is 5.53. The van der Waals surface area contributed by atoms with Gasteiger partial charge in [-0.2, -0.15) is 0 Å². The Balaban J connectivity index is 2.21. The van der Waals surface area contributed by atoms with E-state index in [1.807, 2.05) is 30.3 Å². The smallest absolute Gasteiger partial charge is 0.303 e. The van der Waals surface area contributed by atoms with Gasteiger partial charge in [0.2, 0.25) is 5.91 Å². The maximum atomic E-state index is 11.9. The van der Waals surface area contributed by atoms with Crippen LogP contribution in [0, 0.1) is 0 Å². The molecule has 0 fully saturated rings. The van der Waals surface area contributed by atoms with E-state index in [-0.39, 0.29) is 18.7 Å². The van der Waals surface area contributed by atoms with E-state index in [1.54, 1.807) is 7.05 Å². The first-order valence-corrected chi connectivity index (χ1v) is 6.91. The highest BCUT2D eigenvalue weighted by molar-refractivity contribution is 5.82. The number of carbonyl (C=O) groups is 2. The average molecular weight is 294 g/mol. The fourth-order valence-corrected chi connectivity index (χ4v) is 1.80. The van der Waals surface area contributed by atoms with Gasteiger partial charge in [-0.3, -0.25) is 9.59 Å². The second-order valence-electron chi connectivity index (χ2n) is 4.81.